The molecular formula is C14H19O9P. The zero-order chi connectivity index (χ0) is 17.4. The molecule has 0 bridgehead atoms. The van der Waals surface area contributed by atoms with Gasteiger partial charge in [-0.1, -0.05) is 47.7 Å². The summed E-state index contributed by atoms with van der Waals surface area (Å²) in [5.41, 5.74) is 1.16. The number of phosphoric acid groups is 1. The molecule has 0 spiro atoms. The summed E-state index contributed by atoms with van der Waals surface area (Å²) in [4.78, 5) is 8.78. The topological polar surface area (TPSA) is 113 Å². The summed E-state index contributed by atoms with van der Waals surface area (Å²) in [6.45, 7) is 2.17. The van der Waals surface area contributed by atoms with Crippen LogP contribution in [-0.4, -0.2) is 10.2 Å². The van der Waals surface area contributed by atoms with Crippen LogP contribution in [-0.2, 0) is 34.8 Å². The molecule has 1 heterocycles. The largest absolute Gasteiger partial charge is 0.600 e. The Morgan fingerprint density at radius 2 is 1.83 bits per heavy atom. The molecule has 24 heavy (non-hydrogen) atoms. The van der Waals surface area contributed by atoms with Crippen molar-refractivity contribution in [2.75, 3.05) is 0 Å². The number of aryl methyl sites for hydroxylation is 1. The zero-order valence-corrected chi connectivity index (χ0v) is 13.9. The standard InChI is InChI=1S/C14H19O9P/c1-2-3-4-5-6-11-7-9-12(10-8-11)18-21-23-24(17)20-14(16)13(15)19-22-24/h7-10,15-16H,2-6H2,1H3. The summed E-state index contributed by atoms with van der Waals surface area (Å²) in [5.74, 6) is -1.97. The van der Waals surface area contributed by atoms with Gasteiger partial charge in [-0.2, -0.15) is 0 Å². The Bertz CT molecular complexity index is 599. The van der Waals surface area contributed by atoms with E-state index in [0.717, 1.165) is 18.4 Å². The first-order valence-corrected chi connectivity index (χ1v) is 8.88. The van der Waals surface area contributed by atoms with Crippen LogP contribution in [0.2, 0.25) is 0 Å². The number of rotatable bonds is 9. The van der Waals surface area contributed by atoms with Crippen molar-refractivity contribution in [2.24, 2.45) is 0 Å². The molecule has 1 aliphatic heterocycles. The molecule has 0 saturated carbocycles. The van der Waals surface area contributed by atoms with Gasteiger partial charge in [0.25, 0.3) is 0 Å². The van der Waals surface area contributed by atoms with E-state index in [2.05, 4.69) is 30.7 Å². The van der Waals surface area contributed by atoms with Gasteiger partial charge in [0.15, 0.2) is 5.75 Å². The van der Waals surface area contributed by atoms with E-state index in [0.29, 0.717) is 5.75 Å². The van der Waals surface area contributed by atoms with Gasteiger partial charge in [0.1, 0.15) is 0 Å². The lowest BCUT2D eigenvalue weighted by atomic mass is 10.1. The molecule has 0 aliphatic carbocycles. The summed E-state index contributed by atoms with van der Waals surface area (Å²) < 4.78 is 24.4. The Balaban J connectivity index is 1.74. The molecule has 2 N–H and O–H groups in total. The quantitative estimate of drug-likeness (QED) is 0.286. The third kappa shape index (κ3) is 5.61. The molecule has 0 radical (unpaired) electrons. The molecule has 10 heteroatoms. The maximum Gasteiger partial charge on any atom is 0.600 e. The van der Waals surface area contributed by atoms with Crippen LogP contribution in [0.15, 0.2) is 36.2 Å². The Hall–Kier alpha value is -1.93. The Labute approximate surface area is 138 Å². The van der Waals surface area contributed by atoms with Crippen molar-refractivity contribution in [1.82, 2.24) is 0 Å². The highest BCUT2D eigenvalue weighted by atomic mass is 31.2. The monoisotopic (exact) mass is 362 g/mol. The van der Waals surface area contributed by atoms with Gasteiger partial charge in [-0.15, -0.1) is 0 Å². The van der Waals surface area contributed by atoms with E-state index in [1.807, 2.05) is 12.1 Å². The lowest BCUT2D eigenvalue weighted by Gasteiger charge is -2.18. The summed E-state index contributed by atoms with van der Waals surface area (Å²) in [6.07, 6.45) is 5.71. The minimum atomic E-state index is -4.41. The number of aliphatic hydroxyl groups excluding tert-OH is 2. The van der Waals surface area contributed by atoms with Crippen LogP contribution in [0, 0.1) is 0 Å². The second-order valence-electron chi connectivity index (χ2n) is 4.99. The summed E-state index contributed by atoms with van der Waals surface area (Å²) in [6, 6.07) is 7.04. The molecule has 0 amide bonds. The smallest absolute Gasteiger partial charge is 0.475 e. The Morgan fingerprint density at radius 1 is 1.08 bits per heavy atom. The van der Waals surface area contributed by atoms with Crippen molar-refractivity contribution in [3.63, 3.8) is 0 Å². The average molecular weight is 362 g/mol. The van der Waals surface area contributed by atoms with Crippen molar-refractivity contribution >= 4 is 7.82 Å². The minimum absolute atomic E-state index is 0.291. The fourth-order valence-corrected chi connectivity index (χ4v) is 2.51. The van der Waals surface area contributed by atoms with Crippen molar-refractivity contribution < 1.29 is 43.5 Å². The summed E-state index contributed by atoms with van der Waals surface area (Å²) >= 11 is 0. The second kappa shape index (κ2) is 8.79. The zero-order valence-electron chi connectivity index (χ0n) is 13.0. The number of benzene rings is 1. The minimum Gasteiger partial charge on any atom is -0.475 e. The lowest BCUT2D eigenvalue weighted by Crippen LogP contribution is -2.11. The third-order valence-corrected chi connectivity index (χ3v) is 3.98. The first-order valence-electron chi connectivity index (χ1n) is 7.42. The average Bonchev–Trinajstić information content (AvgIpc) is 2.57. The molecule has 1 aromatic carbocycles. The van der Waals surface area contributed by atoms with Gasteiger partial charge in [0, 0.05) is 0 Å². The van der Waals surface area contributed by atoms with Gasteiger partial charge in [-0.25, -0.2) is 4.57 Å². The number of unbranched alkanes of at least 4 members (excludes halogenated alkanes) is 3. The second-order valence-corrected chi connectivity index (χ2v) is 6.36. The van der Waals surface area contributed by atoms with Gasteiger partial charge < -0.3 is 19.6 Å². The predicted molar refractivity (Wildman–Crippen MR) is 80.2 cm³/mol. The van der Waals surface area contributed by atoms with Crippen LogP contribution < -0.4 is 4.89 Å². The molecule has 134 valence electrons. The number of aliphatic hydroxyl groups is 2. The van der Waals surface area contributed by atoms with Crippen LogP contribution in [0.4, 0.5) is 0 Å². The first-order chi connectivity index (χ1) is 11.5. The molecule has 1 aromatic rings. The maximum atomic E-state index is 11.7. The van der Waals surface area contributed by atoms with E-state index >= 15 is 0 Å². The lowest BCUT2D eigenvalue weighted by molar-refractivity contribution is -0.429. The van der Waals surface area contributed by atoms with Gasteiger partial charge in [0.05, 0.1) is 0 Å². The van der Waals surface area contributed by atoms with Crippen LogP contribution in [0.3, 0.4) is 0 Å². The molecule has 0 saturated heterocycles. The highest BCUT2D eigenvalue weighted by Gasteiger charge is 2.41. The fourth-order valence-electron chi connectivity index (χ4n) is 1.86. The van der Waals surface area contributed by atoms with Crippen molar-refractivity contribution in [3.05, 3.63) is 41.7 Å². The van der Waals surface area contributed by atoms with E-state index in [1.54, 1.807) is 12.1 Å². The fraction of sp³-hybridized carbons (Fsp3) is 0.429. The van der Waals surface area contributed by atoms with Crippen LogP contribution in [0.25, 0.3) is 0 Å². The van der Waals surface area contributed by atoms with E-state index in [-0.39, 0.29) is 0 Å². The molecule has 2 rings (SSSR count). The van der Waals surface area contributed by atoms with E-state index in [9.17, 15) is 4.57 Å². The molecule has 9 nitrogen and oxygen atoms in total. The van der Waals surface area contributed by atoms with Crippen molar-refractivity contribution in [1.29, 1.82) is 0 Å². The third-order valence-electron chi connectivity index (χ3n) is 3.08. The van der Waals surface area contributed by atoms with Crippen LogP contribution in [0.1, 0.15) is 38.2 Å². The SMILES string of the molecule is CCCCCCc1ccc(OOOP2(=O)OOC(O)=C(O)O2)cc1. The summed E-state index contributed by atoms with van der Waals surface area (Å²) in [7, 11) is -4.41. The van der Waals surface area contributed by atoms with Gasteiger partial charge >= 0.3 is 19.7 Å². The van der Waals surface area contributed by atoms with Crippen LogP contribution in [0.5, 0.6) is 5.75 Å². The highest BCUT2D eigenvalue weighted by molar-refractivity contribution is 7.48. The van der Waals surface area contributed by atoms with E-state index < -0.39 is 19.7 Å². The first kappa shape index (κ1) is 18.4. The Morgan fingerprint density at radius 3 is 2.50 bits per heavy atom. The van der Waals surface area contributed by atoms with E-state index in [4.69, 9.17) is 15.1 Å². The predicted octanol–water partition coefficient (Wildman–Crippen LogP) is 4.38. The molecule has 0 aromatic heterocycles. The van der Waals surface area contributed by atoms with E-state index in [1.165, 1.54) is 19.3 Å². The molecule has 1 aliphatic rings. The van der Waals surface area contributed by atoms with Crippen molar-refractivity contribution in [2.45, 2.75) is 39.0 Å². The van der Waals surface area contributed by atoms with Gasteiger partial charge in [0.2, 0.25) is 0 Å². The van der Waals surface area contributed by atoms with Gasteiger partial charge in [-0.05, 0) is 35.6 Å². The Kier molecular flexibility index (Phi) is 6.74. The molecule has 1 atom stereocenters. The normalized spacial score (nSPS) is 20.4. The number of hydrogen-bond donors (Lipinski definition) is 2. The maximum absolute atomic E-state index is 11.7. The molecular weight excluding hydrogens is 343 g/mol. The highest BCUT2D eigenvalue weighted by Crippen LogP contribution is 2.54. The van der Waals surface area contributed by atoms with Crippen molar-refractivity contribution in [3.8, 4) is 5.75 Å². The summed E-state index contributed by atoms with van der Waals surface area (Å²) in [5, 5.41) is 22.1. The molecule has 1 unspecified atom stereocenters. The number of hydrogen-bond acceptors (Lipinski definition) is 9. The van der Waals surface area contributed by atoms with Gasteiger partial charge in [-0.3, -0.25) is 4.89 Å². The van der Waals surface area contributed by atoms with Crippen LogP contribution >= 0.6 is 7.82 Å². The molecule has 0 fully saturated rings.